The Morgan fingerprint density at radius 1 is 1.07 bits per heavy atom. The van der Waals surface area contributed by atoms with Crippen LogP contribution in [0.5, 0.6) is 0 Å². The van der Waals surface area contributed by atoms with Crippen LogP contribution in [0, 0.1) is 11.8 Å². The third-order valence-electron chi connectivity index (χ3n) is 4.46. The van der Waals surface area contributed by atoms with E-state index in [4.69, 9.17) is 4.42 Å². The summed E-state index contributed by atoms with van der Waals surface area (Å²) in [7, 11) is -4.45. The zero-order valence-corrected chi connectivity index (χ0v) is 16.4. The molecule has 30 heavy (non-hydrogen) atoms. The van der Waals surface area contributed by atoms with Crippen LogP contribution in [0.1, 0.15) is 6.92 Å². The van der Waals surface area contributed by atoms with Crippen LogP contribution in [0.3, 0.4) is 0 Å². The van der Waals surface area contributed by atoms with E-state index >= 15 is 0 Å². The summed E-state index contributed by atoms with van der Waals surface area (Å²) in [6.07, 6.45) is 0. The second kappa shape index (κ2) is 7.38. The van der Waals surface area contributed by atoms with Gasteiger partial charge < -0.3 is 4.42 Å². The van der Waals surface area contributed by atoms with Crippen LogP contribution in [0.25, 0.3) is 16.8 Å². The van der Waals surface area contributed by atoms with E-state index in [1.54, 1.807) is 30.3 Å². The smallest absolute Gasteiger partial charge is 0.407 e. The van der Waals surface area contributed by atoms with Gasteiger partial charge in [0.2, 0.25) is 5.95 Å². The minimum atomic E-state index is -4.45. The van der Waals surface area contributed by atoms with E-state index < -0.39 is 32.4 Å². The second-order valence-corrected chi connectivity index (χ2v) is 8.11. The van der Waals surface area contributed by atoms with Crippen molar-refractivity contribution < 1.29 is 21.6 Å². The third kappa shape index (κ3) is 3.24. The fraction of sp³-hybridized carbons (Fsp3) is 0.100. The van der Waals surface area contributed by atoms with Gasteiger partial charge in [-0.2, -0.15) is 4.39 Å². The monoisotopic (exact) mass is 431 g/mol. The molecule has 0 N–H and O–H groups in total. The maximum absolute atomic E-state index is 15.0. The molecule has 0 bridgehead atoms. The lowest BCUT2D eigenvalue weighted by Crippen LogP contribution is -2.32. The molecular formula is C20H15F2N3O4S. The number of hydrogen-bond donors (Lipinski definition) is 0. The van der Waals surface area contributed by atoms with E-state index in [2.05, 4.69) is 4.98 Å². The van der Waals surface area contributed by atoms with Gasteiger partial charge in [0.25, 0.3) is 10.0 Å². The highest BCUT2D eigenvalue weighted by atomic mass is 32.2. The number of para-hydroxylation sites is 1. The standard InChI is InChI=1S/C20H15F2N3O4S/c1-2-24(19-10-6-9-18(22)23-19)30(27,28)17-12-16-15(11-14(17)21)25(20(26)29-16)13-7-4-3-5-8-13/h3-12H,2H2,1H3. The lowest BCUT2D eigenvalue weighted by atomic mass is 10.3. The topological polar surface area (TPSA) is 85.4 Å². The molecule has 0 radical (unpaired) electrons. The van der Waals surface area contributed by atoms with Gasteiger partial charge >= 0.3 is 5.76 Å². The minimum absolute atomic E-state index is 0.0783. The van der Waals surface area contributed by atoms with E-state index in [0.717, 1.165) is 27.1 Å². The molecule has 0 spiro atoms. The molecule has 0 amide bonds. The molecule has 0 aliphatic carbocycles. The SMILES string of the molecule is CCN(c1cccc(F)n1)S(=O)(=O)c1cc2oc(=O)n(-c3ccccc3)c2cc1F. The first-order chi connectivity index (χ1) is 14.3. The Labute approximate surface area is 169 Å². The number of sulfonamides is 1. The van der Waals surface area contributed by atoms with E-state index in [9.17, 15) is 22.0 Å². The van der Waals surface area contributed by atoms with E-state index in [1.165, 1.54) is 19.1 Å². The number of halogens is 2. The van der Waals surface area contributed by atoms with Crippen molar-refractivity contribution in [3.05, 3.63) is 83.0 Å². The van der Waals surface area contributed by atoms with Crippen LogP contribution in [0.2, 0.25) is 0 Å². The molecule has 0 aliphatic heterocycles. The fourth-order valence-corrected chi connectivity index (χ4v) is 4.63. The summed E-state index contributed by atoms with van der Waals surface area (Å²) in [4.78, 5) is 15.2. The number of fused-ring (bicyclic) bond motifs is 1. The predicted octanol–water partition coefficient (Wildman–Crippen LogP) is 3.47. The van der Waals surface area contributed by atoms with Crippen molar-refractivity contribution in [2.75, 3.05) is 10.8 Å². The summed E-state index contributed by atoms with van der Waals surface area (Å²) in [5, 5.41) is 0. The van der Waals surface area contributed by atoms with Crippen molar-refractivity contribution in [3.63, 3.8) is 0 Å². The lowest BCUT2D eigenvalue weighted by Gasteiger charge is -2.22. The number of oxazole rings is 1. The van der Waals surface area contributed by atoms with Gasteiger partial charge in [-0.05, 0) is 31.2 Å². The average molecular weight is 431 g/mol. The van der Waals surface area contributed by atoms with Gasteiger partial charge in [-0.1, -0.05) is 24.3 Å². The Bertz CT molecular complexity index is 1400. The summed E-state index contributed by atoms with van der Waals surface area (Å²) in [6.45, 7) is 1.39. The van der Waals surface area contributed by atoms with Gasteiger partial charge in [0.15, 0.2) is 5.58 Å². The first-order valence-electron chi connectivity index (χ1n) is 8.88. The minimum Gasteiger partial charge on any atom is -0.407 e. The number of aromatic nitrogens is 2. The number of anilines is 1. The number of benzene rings is 2. The van der Waals surface area contributed by atoms with Crippen LogP contribution in [0.4, 0.5) is 14.6 Å². The molecule has 10 heteroatoms. The van der Waals surface area contributed by atoms with Gasteiger partial charge in [0, 0.05) is 18.7 Å². The molecule has 7 nitrogen and oxygen atoms in total. The maximum Gasteiger partial charge on any atom is 0.424 e. The molecule has 154 valence electrons. The van der Waals surface area contributed by atoms with Crippen LogP contribution >= 0.6 is 0 Å². The largest absolute Gasteiger partial charge is 0.424 e. The van der Waals surface area contributed by atoms with Gasteiger partial charge in [0.05, 0.1) is 11.2 Å². The highest BCUT2D eigenvalue weighted by Crippen LogP contribution is 2.28. The van der Waals surface area contributed by atoms with Crippen LogP contribution in [-0.2, 0) is 10.0 Å². The van der Waals surface area contributed by atoms with Gasteiger partial charge in [0.1, 0.15) is 16.5 Å². The van der Waals surface area contributed by atoms with Crippen molar-refractivity contribution >= 4 is 26.9 Å². The van der Waals surface area contributed by atoms with Crippen LogP contribution < -0.4 is 10.1 Å². The number of hydrogen-bond acceptors (Lipinski definition) is 5. The Morgan fingerprint density at radius 2 is 1.80 bits per heavy atom. The predicted molar refractivity (Wildman–Crippen MR) is 106 cm³/mol. The molecule has 4 rings (SSSR count). The molecule has 2 aromatic carbocycles. The molecule has 0 aliphatic rings. The summed E-state index contributed by atoms with van der Waals surface area (Å²) < 4.78 is 61.7. The molecule has 0 saturated heterocycles. The molecule has 0 unspecified atom stereocenters. The molecule has 0 saturated carbocycles. The fourth-order valence-electron chi connectivity index (χ4n) is 3.15. The van der Waals surface area contributed by atoms with Crippen molar-refractivity contribution in [2.24, 2.45) is 0 Å². The van der Waals surface area contributed by atoms with Crippen molar-refractivity contribution in [3.8, 4) is 5.69 Å². The van der Waals surface area contributed by atoms with Gasteiger partial charge in [-0.3, -0.25) is 0 Å². The second-order valence-electron chi connectivity index (χ2n) is 6.28. The van der Waals surface area contributed by atoms with E-state index in [1.807, 2.05) is 0 Å². The zero-order valence-electron chi connectivity index (χ0n) is 15.6. The molecule has 0 fully saturated rings. The highest BCUT2D eigenvalue weighted by molar-refractivity contribution is 7.92. The third-order valence-corrected chi connectivity index (χ3v) is 6.35. The van der Waals surface area contributed by atoms with Crippen LogP contribution in [0.15, 0.2) is 74.8 Å². The Hall–Kier alpha value is -3.53. The first kappa shape index (κ1) is 19.8. The molecule has 4 aromatic rings. The summed E-state index contributed by atoms with van der Waals surface area (Å²) in [5.41, 5.74) is 0.414. The normalized spacial score (nSPS) is 11.7. The molecule has 2 aromatic heterocycles. The maximum atomic E-state index is 15.0. The van der Waals surface area contributed by atoms with Crippen molar-refractivity contribution in [2.45, 2.75) is 11.8 Å². The Morgan fingerprint density at radius 3 is 2.47 bits per heavy atom. The van der Waals surface area contributed by atoms with E-state index in [0.29, 0.717) is 5.69 Å². The summed E-state index contributed by atoms with van der Waals surface area (Å²) in [6, 6.07) is 13.9. The highest BCUT2D eigenvalue weighted by Gasteiger charge is 2.30. The van der Waals surface area contributed by atoms with Crippen LogP contribution in [-0.4, -0.2) is 24.5 Å². The number of nitrogens with zero attached hydrogens (tertiary/aromatic N) is 3. The molecule has 0 atom stereocenters. The first-order valence-corrected chi connectivity index (χ1v) is 10.3. The van der Waals surface area contributed by atoms with Gasteiger partial charge in [-0.25, -0.2) is 31.5 Å². The zero-order chi connectivity index (χ0) is 21.5. The van der Waals surface area contributed by atoms with E-state index in [-0.39, 0.29) is 23.5 Å². The number of rotatable bonds is 5. The van der Waals surface area contributed by atoms with Gasteiger partial charge in [-0.15, -0.1) is 0 Å². The molecular weight excluding hydrogens is 416 g/mol. The van der Waals surface area contributed by atoms with Crippen molar-refractivity contribution in [1.82, 2.24) is 9.55 Å². The quantitative estimate of drug-likeness (QED) is 0.452. The summed E-state index contributed by atoms with van der Waals surface area (Å²) in [5.74, 6) is -2.93. The summed E-state index contributed by atoms with van der Waals surface area (Å²) >= 11 is 0. The Kier molecular flexibility index (Phi) is 4.86. The average Bonchev–Trinajstić information content (AvgIpc) is 3.03. The Balaban J connectivity index is 1.89. The lowest BCUT2D eigenvalue weighted by molar-refractivity contribution is 0.536. The molecule has 2 heterocycles. The van der Waals surface area contributed by atoms with Crippen molar-refractivity contribution in [1.29, 1.82) is 0 Å². The number of pyridine rings is 1.